The predicted molar refractivity (Wildman–Crippen MR) is 105 cm³/mol. The molecule has 3 heteroatoms. The van der Waals surface area contributed by atoms with Crippen molar-refractivity contribution in [1.82, 2.24) is 0 Å². The van der Waals surface area contributed by atoms with Gasteiger partial charge >= 0.3 is 5.97 Å². The number of rotatable bonds is 14. The Hall–Kier alpha value is -1.64. The van der Waals surface area contributed by atoms with Gasteiger partial charge in [0.05, 0.1) is 6.42 Å². The Balaban J connectivity index is 4.20. The smallest absolute Gasteiger partial charge is 0.306 e. The van der Waals surface area contributed by atoms with E-state index < -0.39 is 0 Å². The van der Waals surface area contributed by atoms with E-state index in [9.17, 15) is 9.59 Å². The first-order valence-corrected chi connectivity index (χ1v) is 9.47. The summed E-state index contributed by atoms with van der Waals surface area (Å²) in [5.41, 5.74) is 3.03. The molecule has 25 heavy (non-hydrogen) atoms. The van der Waals surface area contributed by atoms with Crippen LogP contribution < -0.4 is 0 Å². The highest BCUT2D eigenvalue weighted by molar-refractivity contribution is 5.82. The summed E-state index contributed by atoms with van der Waals surface area (Å²) >= 11 is 0. The van der Waals surface area contributed by atoms with Gasteiger partial charge in [-0.15, -0.1) is 0 Å². The van der Waals surface area contributed by atoms with Gasteiger partial charge in [-0.25, -0.2) is 0 Å². The van der Waals surface area contributed by atoms with E-state index in [1.807, 2.05) is 20.8 Å². The van der Waals surface area contributed by atoms with E-state index in [1.54, 1.807) is 0 Å². The first-order valence-electron chi connectivity index (χ1n) is 9.47. The van der Waals surface area contributed by atoms with Crippen LogP contribution in [-0.2, 0) is 14.3 Å². The lowest BCUT2D eigenvalue weighted by Gasteiger charge is -2.17. The van der Waals surface area contributed by atoms with E-state index in [-0.39, 0.29) is 30.7 Å². The summed E-state index contributed by atoms with van der Waals surface area (Å²) in [6, 6.07) is 0. The molecule has 0 amide bonds. The highest BCUT2D eigenvalue weighted by Gasteiger charge is 2.15. The fraction of sp³-hybridized carbons (Fsp3) is 0.636. The van der Waals surface area contributed by atoms with E-state index in [0.717, 1.165) is 48.8 Å². The molecule has 0 heterocycles. The van der Waals surface area contributed by atoms with Gasteiger partial charge in [-0.05, 0) is 45.6 Å². The summed E-state index contributed by atoms with van der Waals surface area (Å²) in [6.07, 6.45) is 8.66. The van der Waals surface area contributed by atoms with Gasteiger partial charge in [0, 0.05) is 12.8 Å². The van der Waals surface area contributed by atoms with Crippen LogP contribution in [-0.4, -0.2) is 17.9 Å². The molecule has 0 N–H and O–H groups in total. The van der Waals surface area contributed by atoms with Crippen LogP contribution in [0.5, 0.6) is 0 Å². The highest BCUT2D eigenvalue weighted by atomic mass is 16.5. The third-order valence-electron chi connectivity index (χ3n) is 4.29. The number of ketones is 1. The van der Waals surface area contributed by atoms with Crippen LogP contribution >= 0.6 is 0 Å². The number of allylic oxidation sites excluding steroid dienone is 3. The second kappa shape index (κ2) is 13.6. The number of carbonyl (C=O) groups is 2. The predicted octanol–water partition coefficient (Wildman–Crippen LogP) is 6.10. The molecule has 0 saturated heterocycles. The molecular formula is C22H36O3. The van der Waals surface area contributed by atoms with Gasteiger partial charge < -0.3 is 4.74 Å². The summed E-state index contributed by atoms with van der Waals surface area (Å²) in [7, 11) is 0. The van der Waals surface area contributed by atoms with Gasteiger partial charge in [0.25, 0.3) is 0 Å². The van der Waals surface area contributed by atoms with Gasteiger partial charge in [-0.2, -0.15) is 0 Å². The molecule has 0 rings (SSSR count). The standard InChI is InChI=1S/C22H36O3/c1-7-8-9-10-13-20(23)15-16-22(24)25-21(18(4)5)14-11-12-19(6)17(2)3/h12,21H,2,4,7-11,13-16H2,1,3,5-6H3/b19-12-. The first-order chi connectivity index (χ1) is 11.8. The van der Waals surface area contributed by atoms with Crippen molar-refractivity contribution >= 4 is 11.8 Å². The lowest BCUT2D eigenvalue weighted by atomic mass is 10.0. The van der Waals surface area contributed by atoms with Crippen LogP contribution in [0.1, 0.15) is 85.5 Å². The number of carbonyl (C=O) groups excluding carboxylic acids is 2. The maximum Gasteiger partial charge on any atom is 0.306 e. The van der Waals surface area contributed by atoms with Crippen LogP contribution in [0, 0.1) is 0 Å². The molecule has 1 atom stereocenters. The number of hydrogen-bond donors (Lipinski definition) is 0. The Bertz CT molecular complexity index is 486. The largest absolute Gasteiger partial charge is 0.458 e. The fourth-order valence-corrected chi connectivity index (χ4v) is 2.36. The summed E-state index contributed by atoms with van der Waals surface area (Å²) in [5, 5.41) is 0. The van der Waals surface area contributed by atoms with Gasteiger partial charge in [0.1, 0.15) is 11.9 Å². The van der Waals surface area contributed by atoms with Gasteiger partial charge in [0.15, 0.2) is 0 Å². The second-order valence-corrected chi connectivity index (χ2v) is 6.92. The minimum atomic E-state index is -0.310. The van der Waals surface area contributed by atoms with Crippen molar-refractivity contribution in [2.45, 2.75) is 91.6 Å². The third-order valence-corrected chi connectivity index (χ3v) is 4.29. The quantitative estimate of drug-likeness (QED) is 0.165. The van der Waals surface area contributed by atoms with Crippen molar-refractivity contribution in [2.75, 3.05) is 0 Å². The van der Waals surface area contributed by atoms with Crippen molar-refractivity contribution in [3.05, 3.63) is 36.0 Å². The topological polar surface area (TPSA) is 43.4 Å². The summed E-state index contributed by atoms with van der Waals surface area (Å²) in [4.78, 5) is 23.8. The fourth-order valence-electron chi connectivity index (χ4n) is 2.36. The zero-order chi connectivity index (χ0) is 19.2. The summed E-state index contributed by atoms with van der Waals surface area (Å²) in [5.74, 6) is -0.157. The third kappa shape index (κ3) is 12.4. The summed E-state index contributed by atoms with van der Waals surface area (Å²) in [6.45, 7) is 15.8. The SMILES string of the molecule is C=C(C)/C(C)=C\CCC(OC(=O)CCC(=O)CCCCCC)C(=C)C. The molecule has 0 aliphatic heterocycles. The Kier molecular flexibility index (Phi) is 12.7. The Labute approximate surface area is 154 Å². The van der Waals surface area contributed by atoms with Crippen LogP contribution in [0.3, 0.4) is 0 Å². The molecule has 0 aromatic rings. The number of ether oxygens (including phenoxy) is 1. The molecule has 0 aliphatic rings. The molecule has 0 aromatic carbocycles. The van der Waals surface area contributed by atoms with E-state index in [1.165, 1.54) is 0 Å². The molecular weight excluding hydrogens is 312 g/mol. The van der Waals surface area contributed by atoms with Crippen LogP contribution in [0.2, 0.25) is 0 Å². The minimum absolute atomic E-state index is 0.153. The van der Waals surface area contributed by atoms with Crippen molar-refractivity contribution in [2.24, 2.45) is 0 Å². The maximum atomic E-state index is 12.0. The molecule has 0 saturated carbocycles. The molecule has 0 bridgehead atoms. The highest BCUT2D eigenvalue weighted by Crippen LogP contribution is 2.16. The van der Waals surface area contributed by atoms with Gasteiger partial charge in [-0.3, -0.25) is 9.59 Å². The minimum Gasteiger partial charge on any atom is -0.458 e. The molecule has 0 fully saturated rings. The molecule has 0 spiro atoms. The lowest BCUT2D eigenvalue weighted by molar-refractivity contribution is -0.148. The van der Waals surface area contributed by atoms with E-state index in [2.05, 4.69) is 26.2 Å². The summed E-state index contributed by atoms with van der Waals surface area (Å²) < 4.78 is 5.51. The Morgan fingerprint density at radius 3 is 2.24 bits per heavy atom. The zero-order valence-electron chi connectivity index (χ0n) is 16.7. The molecule has 3 nitrogen and oxygen atoms in total. The van der Waals surface area contributed by atoms with Crippen LogP contribution in [0.4, 0.5) is 0 Å². The van der Waals surface area contributed by atoms with Crippen molar-refractivity contribution < 1.29 is 14.3 Å². The van der Waals surface area contributed by atoms with Gasteiger partial charge in [-0.1, -0.05) is 56.6 Å². The average Bonchev–Trinajstić information content (AvgIpc) is 2.55. The second-order valence-electron chi connectivity index (χ2n) is 6.92. The monoisotopic (exact) mass is 348 g/mol. The molecule has 0 aromatic heterocycles. The van der Waals surface area contributed by atoms with Crippen molar-refractivity contribution in [3.63, 3.8) is 0 Å². The normalized spacial score (nSPS) is 12.6. The first kappa shape index (κ1) is 23.4. The number of esters is 1. The zero-order valence-corrected chi connectivity index (χ0v) is 16.7. The number of unbranched alkanes of at least 4 members (excludes halogenated alkanes) is 3. The van der Waals surface area contributed by atoms with Crippen molar-refractivity contribution in [3.8, 4) is 0 Å². The van der Waals surface area contributed by atoms with E-state index in [4.69, 9.17) is 4.74 Å². The molecule has 1 unspecified atom stereocenters. The average molecular weight is 349 g/mol. The number of Topliss-reactive ketones (excluding diaryl/α,β-unsaturated/α-hetero) is 1. The molecule has 142 valence electrons. The van der Waals surface area contributed by atoms with Crippen LogP contribution in [0.15, 0.2) is 36.0 Å². The molecule has 0 aliphatic carbocycles. The maximum absolute atomic E-state index is 12.0. The Morgan fingerprint density at radius 2 is 1.68 bits per heavy atom. The van der Waals surface area contributed by atoms with E-state index >= 15 is 0 Å². The molecule has 0 radical (unpaired) electrons. The lowest BCUT2D eigenvalue weighted by Crippen LogP contribution is -2.19. The van der Waals surface area contributed by atoms with E-state index in [0.29, 0.717) is 12.8 Å². The number of hydrogen-bond acceptors (Lipinski definition) is 3. The van der Waals surface area contributed by atoms with Crippen molar-refractivity contribution in [1.29, 1.82) is 0 Å². The van der Waals surface area contributed by atoms with Gasteiger partial charge in [0.2, 0.25) is 0 Å². The Morgan fingerprint density at radius 1 is 1.00 bits per heavy atom. The van der Waals surface area contributed by atoms with Crippen LogP contribution in [0.25, 0.3) is 0 Å².